The third-order valence-corrected chi connectivity index (χ3v) is 5.68. The van der Waals surface area contributed by atoms with Gasteiger partial charge in [0.15, 0.2) is 0 Å². The van der Waals surface area contributed by atoms with E-state index in [4.69, 9.17) is 0 Å². The quantitative estimate of drug-likeness (QED) is 0.789. The van der Waals surface area contributed by atoms with Crippen molar-refractivity contribution >= 4 is 21.6 Å². The smallest absolute Gasteiger partial charge is 0.241 e. The van der Waals surface area contributed by atoms with Gasteiger partial charge in [0.1, 0.15) is 6.54 Å². The van der Waals surface area contributed by atoms with E-state index in [1.807, 2.05) is 70.2 Å². The van der Waals surface area contributed by atoms with E-state index >= 15 is 0 Å². The predicted octanol–water partition coefficient (Wildman–Crippen LogP) is 3.51. The van der Waals surface area contributed by atoms with E-state index in [0.717, 1.165) is 28.5 Å². The molecule has 0 heterocycles. The predicted molar refractivity (Wildman–Crippen MR) is 110 cm³/mol. The fourth-order valence-corrected chi connectivity index (χ4v) is 3.97. The summed E-state index contributed by atoms with van der Waals surface area (Å²) in [5.74, 6) is -0.194. The number of carbonyl (C=O) groups is 1. The fraction of sp³-hybridized carbons (Fsp3) is 0.381. The monoisotopic (exact) mass is 388 g/mol. The first-order valence-corrected chi connectivity index (χ1v) is 10.8. The second-order valence-corrected chi connectivity index (χ2v) is 9.05. The van der Waals surface area contributed by atoms with Crippen LogP contribution in [0.2, 0.25) is 0 Å². The normalized spacial score (nSPS) is 11.5. The highest BCUT2D eigenvalue weighted by Crippen LogP contribution is 2.32. The summed E-state index contributed by atoms with van der Waals surface area (Å²) in [7, 11) is -3.61. The fourth-order valence-electron chi connectivity index (χ4n) is 3.04. The van der Waals surface area contributed by atoms with Crippen molar-refractivity contribution in [1.82, 2.24) is 5.32 Å². The molecule has 27 heavy (non-hydrogen) atoms. The maximum absolute atomic E-state index is 12.5. The molecule has 2 aromatic rings. The summed E-state index contributed by atoms with van der Waals surface area (Å²) in [6, 6.07) is 13.5. The third-order valence-electron chi connectivity index (χ3n) is 4.57. The zero-order valence-electron chi connectivity index (χ0n) is 16.6. The third kappa shape index (κ3) is 5.32. The minimum absolute atomic E-state index is 0.138. The van der Waals surface area contributed by atoms with E-state index in [9.17, 15) is 13.2 Å². The van der Waals surface area contributed by atoms with E-state index in [2.05, 4.69) is 5.32 Å². The first-order chi connectivity index (χ1) is 12.6. The van der Waals surface area contributed by atoms with Crippen LogP contribution in [0.25, 0.3) is 0 Å². The number of hydrogen-bond donors (Lipinski definition) is 1. The van der Waals surface area contributed by atoms with Crippen molar-refractivity contribution < 1.29 is 13.2 Å². The molecule has 0 saturated carbocycles. The molecule has 0 aliphatic heterocycles. The number of benzene rings is 2. The van der Waals surface area contributed by atoms with Gasteiger partial charge in [0.2, 0.25) is 15.9 Å². The Morgan fingerprint density at radius 2 is 1.67 bits per heavy atom. The SMILES string of the molecule is Cc1ccccc1CNC(=O)CN(c1c(C)cccc1C(C)C)S(C)(=O)=O. The van der Waals surface area contributed by atoms with Gasteiger partial charge in [0, 0.05) is 6.54 Å². The van der Waals surface area contributed by atoms with Crippen molar-refractivity contribution in [2.45, 2.75) is 40.2 Å². The second kappa shape index (κ2) is 8.57. The van der Waals surface area contributed by atoms with E-state index in [-0.39, 0.29) is 18.4 Å². The summed E-state index contributed by atoms with van der Waals surface area (Å²) >= 11 is 0. The molecule has 0 aromatic heterocycles. The second-order valence-electron chi connectivity index (χ2n) is 7.14. The summed E-state index contributed by atoms with van der Waals surface area (Å²) in [4.78, 5) is 12.5. The van der Waals surface area contributed by atoms with Gasteiger partial charge < -0.3 is 5.32 Å². The summed E-state index contributed by atoms with van der Waals surface area (Å²) in [6.45, 7) is 7.99. The number of rotatable bonds is 7. The van der Waals surface area contributed by atoms with Crippen molar-refractivity contribution in [3.8, 4) is 0 Å². The highest BCUT2D eigenvalue weighted by atomic mass is 32.2. The minimum atomic E-state index is -3.61. The van der Waals surface area contributed by atoms with Gasteiger partial charge in [-0.15, -0.1) is 0 Å². The number of anilines is 1. The Labute approximate surface area is 162 Å². The molecule has 0 aliphatic rings. The maximum Gasteiger partial charge on any atom is 0.241 e. The standard InChI is InChI=1S/C21H28N2O3S/c1-15(2)19-12-8-10-17(4)21(19)23(27(5,25)26)14-20(24)22-13-18-11-7-6-9-16(18)3/h6-12,15H,13-14H2,1-5H3,(H,22,24). The lowest BCUT2D eigenvalue weighted by molar-refractivity contribution is -0.119. The van der Waals surface area contributed by atoms with Gasteiger partial charge in [-0.25, -0.2) is 8.42 Å². The van der Waals surface area contributed by atoms with Gasteiger partial charge in [-0.1, -0.05) is 56.3 Å². The Morgan fingerprint density at radius 1 is 1.04 bits per heavy atom. The number of para-hydroxylation sites is 1. The Kier molecular flexibility index (Phi) is 6.65. The molecular weight excluding hydrogens is 360 g/mol. The first-order valence-electron chi connectivity index (χ1n) is 8.99. The van der Waals surface area contributed by atoms with Gasteiger partial charge in [-0.2, -0.15) is 0 Å². The number of carbonyl (C=O) groups excluding carboxylic acids is 1. The van der Waals surface area contributed by atoms with Gasteiger partial charge >= 0.3 is 0 Å². The highest BCUT2D eigenvalue weighted by Gasteiger charge is 2.25. The van der Waals surface area contributed by atoms with Crippen molar-refractivity contribution in [2.24, 2.45) is 0 Å². The topological polar surface area (TPSA) is 66.5 Å². The number of aryl methyl sites for hydroxylation is 2. The van der Waals surface area contributed by atoms with Crippen molar-refractivity contribution in [3.05, 3.63) is 64.7 Å². The van der Waals surface area contributed by atoms with E-state index in [1.165, 1.54) is 4.31 Å². The average Bonchev–Trinajstić information content (AvgIpc) is 2.58. The molecule has 0 unspecified atom stereocenters. The Hall–Kier alpha value is -2.34. The lowest BCUT2D eigenvalue weighted by Gasteiger charge is -2.27. The summed E-state index contributed by atoms with van der Waals surface area (Å²) in [6.07, 6.45) is 1.14. The van der Waals surface area contributed by atoms with E-state index < -0.39 is 10.0 Å². The number of nitrogens with one attached hydrogen (secondary N) is 1. The lowest BCUT2D eigenvalue weighted by atomic mass is 9.98. The van der Waals surface area contributed by atoms with Crippen LogP contribution < -0.4 is 9.62 Å². The number of sulfonamides is 1. The largest absolute Gasteiger partial charge is 0.350 e. The van der Waals surface area contributed by atoms with E-state index in [0.29, 0.717) is 12.2 Å². The molecule has 0 bridgehead atoms. The molecule has 0 radical (unpaired) electrons. The molecule has 0 atom stereocenters. The van der Waals surface area contributed by atoms with Crippen molar-refractivity contribution in [2.75, 3.05) is 17.1 Å². The Balaban J connectivity index is 2.27. The number of hydrogen-bond acceptors (Lipinski definition) is 3. The zero-order chi connectivity index (χ0) is 20.2. The average molecular weight is 389 g/mol. The number of amides is 1. The maximum atomic E-state index is 12.5. The lowest BCUT2D eigenvalue weighted by Crippen LogP contribution is -2.41. The van der Waals surface area contributed by atoms with Gasteiger partial charge in [0.05, 0.1) is 11.9 Å². The first kappa shape index (κ1) is 21.0. The highest BCUT2D eigenvalue weighted by molar-refractivity contribution is 7.92. The van der Waals surface area contributed by atoms with Gasteiger partial charge in [-0.3, -0.25) is 9.10 Å². The van der Waals surface area contributed by atoms with Crippen LogP contribution in [0.3, 0.4) is 0 Å². The van der Waals surface area contributed by atoms with Crippen LogP contribution in [-0.2, 0) is 21.4 Å². The Morgan fingerprint density at radius 3 is 2.26 bits per heavy atom. The van der Waals surface area contributed by atoms with Crippen LogP contribution in [0.1, 0.15) is 42.0 Å². The molecule has 2 rings (SSSR count). The molecule has 1 amide bonds. The van der Waals surface area contributed by atoms with Gasteiger partial charge in [-0.05, 0) is 42.0 Å². The molecule has 0 spiro atoms. The zero-order valence-corrected chi connectivity index (χ0v) is 17.4. The summed E-state index contributed by atoms with van der Waals surface area (Å²) in [5, 5.41) is 2.84. The van der Waals surface area contributed by atoms with Crippen molar-refractivity contribution in [3.63, 3.8) is 0 Å². The summed E-state index contributed by atoms with van der Waals surface area (Å²) in [5.41, 5.74) is 4.43. The van der Waals surface area contributed by atoms with Crippen LogP contribution in [0.5, 0.6) is 0 Å². The van der Waals surface area contributed by atoms with Crippen molar-refractivity contribution in [1.29, 1.82) is 0 Å². The minimum Gasteiger partial charge on any atom is -0.350 e. The van der Waals surface area contributed by atoms with Crippen LogP contribution in [-0.4, -0.2) is 27.1 Å². The van der Waals surface area contributed by atoms with Crippen LogP contribution >= 0.6 is 0 Å². The molecule has 0 aliphatic carbocycles. The van der Waals surface area contributed by atoms with E-state index in [1.54, 1.807) is 0 Å². The van der Waals surface area contributed by atoms with Crippen LogP contribution in [0.15, 0.2) is 42.5 Å². The molecular formula is C21H28N2O3S. The summed E-state index contributed by atoms with van der Waals surface area (Å²) < 4.78 is 26.2. The van der Waals surface area contributed by atoms with Crippen LogP contribution in [0.4, 0.5) is 5.69 Å². The molecule has 6 heteroatoms. The molecule has 5 nitrogen and oxygen atoms in total. The number of nitrogens with zero attached hydrogens (tertiary/aromatic N) is 1. The van der Waals surface area contributed by atoms with Gasteiger partial charge in [0.25, 0.3) is 0 Å². The molecule has 146 valence electrons. The molecule has 1 N–H and O–H groups in total. The molecule has 0 saturated heterocycles. The molecule has 0 fully saturated rings. The molecule has 2 aromatic carbocycles. The Bertz CT molecular complexity index is 921. The van der Waals surface area contributed by atoms with Crippen LogP contribution in [0, 0.1) is 13.8 Å².